The molecule has 4 aromatic rings. The van der Waals surface area contributed by atoms with E-state index in [4.69, 9.17) is 0 Å². The van der Waals surface area contributed by atoms with Crippen LogP contribution in [0.25, 0.3) is 22.0 Å². The predicted octanol–water partition coefficient (Wildman–Crippen LogP) is 4.98. The Morgan fingerprint density at radius 2 is 1.59 bits per heavy atom. The largest absolute Gasteiger partial charge is 0.340 e. The Kier molecular flexibility index (Phi) is 5.27. The minimum absolute atomic E-state index is 0.0699. The first-order valence-corrected chi connectivity index (χ1v) is 11.2. The zero-order valence-corrected chi connectivity index (χ0v) is 16.9. The number of benzene rings is 3. The van der Waals surface area contributed by atoms with Crippen molar-refractivity contribution in [2.24, 2.45) is 0 Å². The van der Waals surface area contributed by atoms with Gasteiger partial charge in [-0.15, -0.1) is 0 Å². The van der Waals surface area contributed by atoms with E-state index in [0.29, 0.717) is 0 Å². The lowest BCUT2D eigenvalue weighted by atomic mass is 10.0. The van der Waals surface area contributed by atoms with Gasteiger partial charge in [0.15, 0.2) is 9.84 Å². The fourth-order valence-corrected chi connectivity index (χ4v) is 4.05. The van der Waals surface area contributed by atoms with Crippen LogP contribution in [0.1, 0.15) is 12.5 Å². The number of fused-ring (bicyclic) bond motifs is 1. The number of hydrogen-bond donors (Lipinski definition) is 1. The highest BCUT2D eigenvalue weighted by Crippen LogP contribution is 2.28. The fraction of sp³-hybridized carbons (Fsp3) is 0.130. The Bertz CT molecular complexity index is 1240. The molecular weight excluding hydrogens is 382 g/mol. The Morgan fingerprint density at radius 3 is 2.31 bits per heavy atom. The molecule has 5 nitrogen and oxygen atoms in total. The summed E-state index contributed by atoms with van der Waals surface area (Å²) in [6.45, 7) is 1.67. The molecule has 0 saturated heterocycles. The first-order chi connectivity index (χ1) is 14.0. The van der Waals surface area contributed by atoms with Crippen LogP contribution < -0.4 is 5.32 Å². The number of para-hydroxylation sites is 1. The number of nitrogens with zero attached hydrogens (tertiary/aromatic N) is 2. The quantitative estimate of drug-likeness (QED) is 0.492. The highest BCUT2D eigenvalue weighted by atomic mass is 32.2. The van der Waals surface area contributed by atoms with Gasteiger partial charge in [0.05, 0.1) is 11.3 Å². The first kappa shape index (κ1) is 19.1. The maximum absolute atomic E-state index is 11.8. The Hall–Kier alpha value is -3.25. The van der Waals surface area contributed by atoms with Gasteiger partial charge in [-0.1, -0.05) is 55.5 Å². The second-order valence-electron chi connectivity index (χ2n) is 6.82. The normalized spacial score (nSPS) is 11.5. The van der Waals surface area contributed by atoms with E-state index in [1.165, 1.54) is 0 Å². The summed E-state index contributed by atoms with van der Waals surface area (Å²) in [6.07, 6.45) is 1.55. The van der Waals surface area contributed by atoms with Crippen molar-refractivity contribution < 1.29 is 8.42 Å². The molecule has 0 radical (unpaired) electrons. The molecule has 0 aliphatic carbocycles. The second-order valence-corrected chi connectivity index (χ2v) is 9.17. The third-order valence-electron chi connectivity index (χ3n) is 4.79. The number of aromatic nitrogens is 2. The summed E-state index contributed by atoms with van der Waals surface area (Å²) in [5, 5.41) is 4.27. The van der Waals surface area contributed by atoms with Crippen LogP contribution >= 0.6 is 0 Å². The Morgan fingerprint density at radius 1 is 0.862 bits per heavy atom. The van der Waals surface area contributed by atoms with Gasteiger partial charge in [0.2, 0.25) is 0 Å². The van der Waals surface area contributed by atoms with Crippen LogP contribution in [0, 0.1) is 0 Å². The van der Waals surface area contributed by atoms with Crippen molar-refractivity contribution in [2.75, 3.05) is 11.1 Å². The van der Waals surface area contributed by atoms with E-state index in [1.807, 2.05) is 66.7 Å². The summed E-state index contributed by atoms with van der Waals surface area (Å²) < 4.78 is 23.7. The zero-order chi connectivity index (χ0) is 20.3. The maximum Gasteiger partial charge on any atom is 0.154 e. The predicted molar refractivity (Wildman–Crippen MR) is 118 cm³/mol. The van der Waals surface area contributed by atoms with Crippen LogP contribution in [-0.2, 0) is 15.6 Å². The van der Waals surface area contributed by atoms with Crippen molar-refractivity contribution in [3.63, 3.8) is 0 Å². The molecule has 0 spiro atoms. The monoisotopic (exact) mass is 403 g/mol. The van der Waals surface area contributed by atoms with Crippen LogP contribution in [0.3, 0.4) is 0 Å². The van der Waals surface area contributed by atoms with Crippen molar-refractivity contribution in [3.8, 4) is 11.1 Å². The standard InChI is InChI=1S/C23H21N3O2S/c1-2-29(27,28)15-17-8-10-18(11-9-17)19-12-13-22-21(14-19)23(25-16-24-22)26-20-6-4-3-5-7-20/h3-14,16H,2,15H2,1H3,(H,24,25,26). The molecule has 29 heavy (non-hydrogen) atoms. The summed E-state index contributed by atoms with van der Waals surface area (Å²) in [7, 11) is -3.04. The van der Waals surface area contributed by atoms with Gasteiger partial charge in [-0.05, 0) is 41.0 Å². The van der Waals surface area contributed by atoms with Gasteiger partial charge >= 0.3 is 0 Å². The average molecular weight is 404 g/mol. The van der Waals surface area contributed by atoms with E-state index < -0.39 is 9.84 Å². The third kappa shape index (κ3) is 4.43. The molecule has 1 heterocycles. The smallest absolute Gasteiger partial charge is 0.154 e. The zero-order valence-electron chi connectivity index (χ0n) is 16.0. The van der Waals surface area contributed by atoms with Gasteiger partial charge in [-0.25, -0.2) is 18.4 Å². The van der Waals surface area contributed by atoms with E-state index in [1.54, 1.807) is 13.3 Å². The number of sulfone groups is 1. The molecule has 0 fully saturated rings. The molecule has 3 aromatic carbocycles. The van der Waals surface area contributed by atoms with Crippen LogP contribution in [0.4, 0.5) is 11.5 Å². The van der Waals surface area contributed by atoms with Gasteiger partial charge in [0, 0.05) is 16.8 Å². The maximum atomic E-state index is 11.8. The lowest BCUT2D eigenvalue weighted by molar-refractivity contribution is 0.596. The van der Waals surface area contributed by atoms with E-state index in [0.717, 1.165) is 39.1 Å². The average Bonchev–Trinajstić information content (AvgIpc) is 2.75. The van der Waals surface area contributed by atoms with E-state index >= 15 is 0 Å². The summed E-state index contributed by atoms with van der Waals surface area (Å²) >= 11 is 0. The van der Waals surface area contributed by atoms with Crippen molar-refractivity contribution in [2.45, 2.75) is 12.7 Å². The van der Waals surface area contributed by atoms with Crippen LogP contribution in [-0.4, -0.2) is 24.1 Å². The van der Waals surface area contributed by atoms with Crippen LogP contribution in [0.15, 0.2) is 79.1 Å². The van der Waals surface area contributed by atoms with Gasteiger partial charge in [0.25, 0.3) is 0 Å². The molecule has 0 aliphatic rings. The molecule has 0 saturated carbocycles. The fourth-order valence-electron chi connectivity index (χ4n) is 3.14. The molecule has 0 unspecified atom stereocenters. The minimum Gasteiger partial charge on any atom is -0.340 e. The third-order valence-corrected chi connectivity index (χ3v) is 6.44. The molecule has 0 atom stereocenters. The van der Waals surface area contributed by atoms with Gasteiger partial charge < -0.3 is 5.32 Å². The van der Waals surface area contributed by atoms with E-state index in [9.17, 15) is 8.42 Å². The summed E-state index contributed by atoms with van der Waals surface area (Å²) in [5.41, 5.74) is 4.64. The minimum atomic E-state index is -3.04. The number of anilines is 2. The number of hydrogen-bond acceptors (Lipinski definition) is 5. The number of rotatable bonds is 6. The topological polar surface area (TPSA) is 72.0 Å². The molecule has 1 N–H and O–H groups in total. The van der Waals surface area contributed by atoms with Crippen molar-refractivity contribution in [1.29, 1.82) is 0 Å². The second kappa shape index (κ2) is 8.01. The first-order valence-electron chi connectivity index (χ1n) is 9.41. The Balaban J connectivity index is 1.67. The highest BCUT2D eigenvalue weighted by molar-refractivity contribution is 7.90. The molecule has 1 aromatic heterocycles. The molecule has 0 bridgehead atoms. The molecule has 6 heteroatoms. The lowest BCUT2D eigenvalue weighted by Gasteiger charge is -2.10. The summed E-state index contributed by atoms with van der Waals surface area (Å²) in [6, 6.07) is 23.6. The van der Waals surface area contributed by atoms with E-state index in [-0.39, 0.29) is 11.5 Å². The van der Waals surface area contributed by atoms with Gasteiger partial charge in [0.1, 0.15) is 12.1 Å². The number of nitrogens with one attached hydrogen (secondary N) is 1. The summed E-state index contributed by atoms with van der Waals surface area (Å²) in [4.78, 5) is 8.78. The highest BCUT2D eigenvalue weighted by Gasteiger charge is 2.10. The van der Waals surface area contributed by atoms with Crippen molar-refractivity contribution >= 4 is 32.2 Å². The molecule has 4 rings (SSSR count). The van der Waals surface area contributed by atoms with Gasteiger partial charge in [-0.2, -0.15) is 0 Å². The molecule has 0 amide bonds. The van der Waals surface area contributed by atoms with Crippen LogP contribution in [0.2, 0.25) is 0 Å². The van der Waals surface area contributed by atoms with Gasteiger partial charge in [-0.3, -0.25) is 0 Å². The van der Waals surface area contributed by atoms with E-state index in [2.05, 4.69) is 21.4 Å². The molecular formula is C23H21N3O2S. The molecule has 146 valence electrons. The summed E-state index contributed by atoms with van der Waals surface area (Å²) in [5.74, 6) is 0.964. The Labute approximate surface area is 170 Å². The SMILES string of the molecule is CCS(=O)(=O)Cc1ccc(-c2ccc3ncnc(Nc4ccccc4)c3c2)cc1. The van der Waals surface area contributed by atoms with Crippen LogP contribution in [0.5, 0.6) is 0 Å². The van der Waals surface area contributed by atoms with Crippen molar-refractivity contribution in [3.05, 3.63) is 84.7 Å². The molecule has 0 aliphatic heterocycles. The lowest BCUT2D eigenvalue weighted by Crippen LogP contribution is -2.06. The van der Waals surface area contributed by atoms with Crippen molar-refractivity contribution in [1.82, 2.24) is 9.97 Å².